The van der Waals surface area contributed by atoms with E-state index in [9.17, 15) is 13.2 Å². The molecular weight excluding hydrogens is 355 g/mol. The predicted octanol–water partition coefficient (Wildman–Crippen LogP) is 5.25. The van der Waals surface area contributed by atoms with Crippen LogP contribution in [0.5, 0.6) is 11.5 Å². The van der Waals surface area contributed by atoms with Gasteiger partial charge in [0.05, 0.1) is 6.61 Å². The summed E-state index contributed by atoms with van der Waals surface area (Å²) in [6, 6.07) is 10.6. The minimum atomic E-state index is -4.76. The Hall–Kier alpha value is -2.21. The fourth-order valence-corrected chi connectivity index (χ4v) is 3.39. The van der Waals surface area contributed by atoms with Crippen molar-refractivity contribution in [3.05, 3.63) is 47.5 Å². The first-order valence-corrected chi connectivity index (χ1v) is 9.13. The van der Waals surface area contributed by atoms with Crippen molar-refractivity contribution in [3.63, 3.8) is 0 Å². The molecule has 27 heavy (non-hydrogen) atoms. The second-order valence-corrected chi connectivity index (χ2v) is 7.03. The van der Waals surface area contributed by atoms with Crippen LogP contribution in [0.2, 0.25) is 0 Å². The lowest BCUT2D eigenvalue weighted by molar-refractivity contribution is -0.275. The number of rotatable bonds is 5. The van der Waals surface area contributed by atoms with Crippen molar-refractivity contribution in [2.45, 2.75) is 33.1 Å². The minimum absolute atomic E-state index is 0.128. The molecule has 1 N–H and O–H groups in total. The maximum absolute atomic E-state index is 12.8. The largest absolute Gasteiger partial charge is 0.573 e. The molecule has 1 saturated heterocycles. The average Bonchev–Trinajstić information content (AvgIpc) is 2.61. The zero-order valence-corrected chi connectivity index (χ0v) is 15.5. The van der Waals surface area contributed by atoms with Gasteiger partial charge in [0.25, 0.3) is 0 Å². The molecule has 1 aliphatic heterocycles. The Morgan fingerprint density at radius 2 is 1.74 bits per heavy atom. The molecule has 0 aliphatic carbocycles. The average molecular weight is 379 g/mol. The highest BCUT2D eigenvalue weighted by atomic mass is 19.4. The summed E-state index contributed by atoms with van der Waals surface area (Å²) in [7, 11) is 0. The van der Waals surface area contributed by atoms with Crippen LogP contribution >= 0.6 is 0 Å². The van der Waals surface area contributed by atoms with Gasteiger partial charge in [-0.25, -0.2) is 0 Å². The highest BCUT2D eigenvalue weighted by Gasteiger charge is 2.32. The van der Waals surface area contributed by atoms with Gasteiger partial charge in [0.15, 0.2) is 11.5 Å². The van der Waals surface area contributed by atoms with E-state index in [0.29, 0.717) is 12.5 Å². The number of ether oxygens (including phenoxy) is 2. The molecule has 1 fully saturated rings. The molecule has 0 radical (unpaired) electrons. The molecule has 0 amide bonds. The SMILES string of the molecule is Cc1ccc(-c2ccc(OC(F)(F)F)c(OCC3CCNCC3)c2)c(C)c1. The van der Waals surface area contributed by atoms with Gasteiger partial charge in [-0.2, -0.15) is 0 Å². The number of nitrogens with one attached hydrogen (secondary N) is 1. The Bertz CT molecular complexity index is 783. The molecule has 2 aromatic rings. The lowest BCUT2D eigenvalue weighted by Crippen LogP contribution is -2.30. The van der Waals surface area contributed by atoms with E-state index in [1.807, 2.05) is 32.0 Å². The summed E-state index contributed by atoms with van der Waals surface area (Å²) in [4.78, 5) is 0. The van der Waals surface area contributed by atoms with Gasteiger partial charge in [0.2, 0.25) is 0 Å². The van der Waals surface area contributed by atoms with Crippen LogP contribution in [0.25, 0.3) is 11.1 Å². The van der Waals surface area contributed by atoms with E-state index in [1.54, 1.807) is 12.1 Å². The number of halogens is 3. The zero-order chi connectivity index (χ0) is 19.4. The molecule has 1 aliphatic rings. The number of hydrogen-bond donors (Lipinski definition) is 1. The summed E-state index contributed by atoms with van der Waals surface area (Å²) >= 11 is 0. The summed E-state index contributed by atoms with van der Waals surface area (Å²) < 4.78 is 48.3. The monoisotopic (exact) mass is 379 g/mol. The van der Waals surface area contributed by atoms with Crippen molar-refractivity contribution in [2.24, 2.45) is 5.92 Å². The maximum atomic E-state index is 12.8. The standard InChI is InChI=1S/C21H24F3NO2/c1-14-3-5-18(15(2)11-14)17-4-6-19(27-21(22,23)24)20(12-17)26-13-16-7-9-25-10-8-16/h3-6,11-12,16,25H,7-10,13H2,1-2H3. The van der Waals surface area contributed by atoms with E-state index in [2.05, 4.69) is 10.1 Å². The Morgan fingerprint density at radius 1 is 1.00 bits per heavy atom. The molecule has 0 unspecified atom stereocenters. The second-order valence-electron chi connectivity index (χ2n) is 7.03. The van der Waals surface area contributed by atoms with Crippen molar-refractivity contribution >= 4 is 0 Å². The van der Waals surface area contributed by atoms with Gasteiger partial charge in [0, 0.05) is 0 Å². The van der Waals surface area contributed by atoms with Gasteiger partial charge < -0.3 is 14.8 Å². The summed E-state index contributed by atoms with van der Waals surface area (Å²) in [6.07, 6.45) is -2.85. The number of hydrogen-bond acceptors (Lipinski definition) is 3. The summed E-state index contributed by atoms with van der Waals surface area (Å²) in [6.45, 7) is 6.18. The van der Waals surface area contributed by atoms with Gasteiger partial charge >= 0.3 is 6.36 Å². The van der Waals surface area contributed by atoms with Crippen LogP contribution in [-0.2, 0) is 0 Å². The third-order valence-corrected chi connectivity index (χ3v) is 4.80. The summed E-state index contributed by atoms with van der Waals surface area (Å²) in [5.74, 6) is 0.156. The van der Waals surface area contributed by atoms with E-state index in [1.165, 1.54) is 6.07 Å². The fraction of sp³-hybridized carbons (Fsp3) is 0.429. The van der Waals surface area contributed by atoms with Crippen LogP contribution in [0.15, 0.2) is 36.4 Å². The maximum Gasteiger partial charge on any atom is 0.573 e. The van der Waals surface area contributed by atoms with Crippen molar-refractivity contribution in [1.82, 2.24) is 5.32 Å². The van der Waals surface area contributed by atoms with Gasteiger partial charge in [-0.05, 0) is 74.5 Å². The molecule has 1 heterocycles. The van der Waals surface area contributed by atoms with Crippen LogP contribution in [0, 0.1) is 19.8 Å². The molecule has 0 saturated carbocycles. The van der Waals surface area contributed by atoms with Gasteiger partial charge in [0.1, 0.15) is 0 Å². The third-order valence-electron chi connectivity index (χ3n) is 4.80. The van der Waals surface area contributed by atoms with Gasteiger partial charge in [-0.15, -0.1) is 13.2 Å². The second kappa shape index (κ2) is 8.21. The zero-order valence-electron chi connectivity index (χ0n) is 15.5. The lowest BCUT2D eigenvalue weighted by Gasteiger charge is -2.23. The normalized spacial score (nSPS) is 15.6. The molecule has 0 aromatic heterocycles. The molecule has 146 valence electrons. The van der Waals surface area contributed by atoms with Crippen LogP contribution in [-0.4, -0.2) is 26.1 Å². The lowest BCUT2D eigenvalue weighted by atomic mass is 9.98. The van der Waals surface area contributed by atoms with Crippen molar-refractivity contribution < 1.29 is 22.6 Å². The van der Waals surface area contributed by atoms with Crippen LogP contribution in [0.4, 0.5) is 13.2 Å². The molecule has 0 bridgehead atoms. The minimum Gasteiger partial charge on any atom is -0.489 e. The fourth-order valence-electron chi connectivity index (χ4n) is 3.39. The Kier molecular flexibility index (Phi) is 5.95. The van der Waals surface area contributed by atoms with Crippen LogP contribution in [0.3, 0.4) is 0 Å². The highest BCUT2D eigenvalue weighted by Crippen LogP contribution is 2.37. The Morgan fingerprint density at radius 3 is 2.41 bits per heavy atom. The van der Waals surface area contributed by atoms with Crippen molar-refractivity contribution in [2.75, 3.05) is 19.7 Å². The van der Waals surface area contributed by atoms with E-state index in [4.69, 9.17) is 4.74 Å². The quantitative estimate of drug-likeness (QED) is 0.770. The molecule has 0 spiro atoms. The Balaban J connectivity index is 1.88. The molecule has 6 heteroatoms. The van der Waals surface area contributed by atoms with E-state index < -0.39 is 6.36 Å². The van der Waals surface area contributed by atoms with Crippen molar-refractivity contribution in [3.8, 4) is 22.6 Å². The van der Waals surface area contributed by atoms with Crippen molar-refractivity contribution in [1.29, 1.82) is 0 Å². The third kappa shape index (κ3) is 5.39. The van der Waals surface area contributed by atoms with Crippen LogP contribution < -0.4 is 14.8 Å². The summed E-state index contributed by atoms with van der Waals surface area (Å²) in [5.41, 5.74) is 3.97. The number of benzene rings is 2. The number of piperidine rings is 1. The first kappa shape index (κ1) is 19.5. The predicted molar refractivity (Wildman–Crippen MR) is 99.1 cm³/mol. The summed E-state index contributed by atoms with van der Waals surface area (Å²) in [5, 5.41) is 3.27. The molecule has 3 nitrogen and oxygen atoms in total. The molecule has 0 atom stereocenters. The topological polar surface area (TPSA) is 30.5 Å². The number of alkyl halides is 3. The first-order valence-electron chi connectivity index (χ1n) is 9.13. The molecule has 2 aromatic carbocycles. The Labute approximate surface area is 157 Å². The highest BCUT2D eigenvalue weighted by molar-refractivity contribution is 5.70. The number of aryl methyl sites for hydroxylation is 2. The van der Waals surface area contributed by atoms with E-state index in [-0.39, 0.29) is 11.5 Å². The smallest absolute Gasteiger partial charge is 0.489 e. The van der Waals surface area contributed by atoms with E-state index in [0.717, 1.165) is 48.2 Å². The first-order chi connectivity index (χ1) is 12.8. The van der Waals surface area contributed by atoms with E-state index >= 15 is 0 Å². The van der Waals surface area contributed by atoms with Gasteiger partial charge in [-0.1, -0.05) is 29.8 Å². The van der Waals surface area contributed by atoms with Gasteiger partial charge in [-0.3, -0.25) is 0 Å². The molecular formula is C21H24F3NO2. The molecule has 3 rings (SSSR count). The van der Waals surface area contributed by atoms with Crippen LogP contribution in [0.1, 0.15) is 24.0 Å².